The molecule has 0 aliphatic rings. The predicted molar refractivity (Wildman–Crippen MR) is 93.1 cm³/mol. The van der Waals surface area contributed by atoms with E-state index in [2.05, 4.69) is 10.5 Å². The molecule has 1 N–H and O–H groups in total. The largest absolute Gasteiger partial charge is 0.497 e. The summed E-state index contributed by atoms with van der Waals surface area (Å²) in [5, 5.41) is 6.22. The Morgan fingerprint density at radius 1 is 1.23 bits per heavy atom. The fraction of sp³-hybridized carbons (Fsp3) is 0.389. The Bertz CT molecular complexity index is 726. The molecule has 1 aromatic carbocycles. The fourth-order valence-electron chi connectivity index (χ4n) is 2.10. The minimum Gasteiger partial charge on any atom is -0.497 e. The lowest BCUT2D eigenvalue weighted by Crippen LogP contribution is -2.32. The van der Waals surface area contributed by atoms with Crippen molar-refractivity contribution in [3.05, 3.63) is 36.1 Å². The van der Waals surface area contributed by atoms with Crippen LogP contribution in [0.15, 0.2) is 34.9 Å². The number of methoxy groups -OCH3 is 1. The molecule has 0 spiro atoms. The molecule has 0 saturated carbocycles. The Kier molecular flexibility index (Phi) is 7.02. The third-order valence-electron chi connectivity index (χ3n) is 3.45. The zero-order valence-electron chi connectivity index (χ0n) is 15.0. The van der Waals surface area contributed by atoms with E-state index >= 15 is 0 Å². The van der Waals surface area contributed by atoms with Crippen LogP contribution >= 0.6 is 0 Å². The van der Waals surface area contributed by atoms with Crippen LogP contribution in [0, 0.1) is 6.92 Å². The Balaban J connectivity index is 1.76. The molecule has 1 amide bonds. The summed E-state index contributed by atoms with van der Waals surface area (Å²) < 4.78 is 20.6. The van der Waals surface area contributed by atoms with Crippen molar-refractivity contribution in [2.75, 3.05) is 19.0 Å². The number of carbonyl (C=O) groups excluding carboxylic acids is 2. The van der Waals surface area contributed by atoms with Crippen LogP contribution in [0.2, 0.25) is 0 Å². The van der Waals surface area contributed by atoms with Gasteiger partial charge in [-0.1, -0.05) is 12.1 Å². The van der Waals surface area contributed by atoms with Gasteiger partial charge in [0.1, 0.15) is 17.3 Å². The van der Waals surface area contributed by atoms with Crippen LogP contribution in [0.4, 0.5) is 5.82 Å². The van der Waals surface area contributed by atoms with Gasteiger partial charge in [0.05, 0.1) is 20.1 Å². The zero-order chi connectivity index (χ0) is 18.9. The van der Waals surface area contributed by atoms with Crippen LogP contribution in [-0.4, -0.2) is 36.9 Å². The van der Waals surface area contributed by atoms with Gasteiger partial charge in [0, 0.05) is 6.07 Å². The predicted octanol–water partition coefficient (Wildman–Crippen LogP) is 2.72. The number of nitrogens with one attached hydrogen (secondary N) is 1. The van der Waals surface area contributed by atoms with E-state index in [1.807, 2.05) is 0 Å². The van der Waals surface area contributed by atoms with E-state index in [1.165, 1.54) is 0 Å². The second kappa shape index (κ2) is 9.45. The molecule has 1 aromatic heterocycles. The summed E-state index contributed by atoms with van der Waals surface area (Å²) in [4.78, 5) is 24.1. The average Bonchev–Trinajstić information content (AvgIpc) is 3.04. The lowest BCUT2D eigenvalue weighted by molar-refractivity contribution is -0.154. The van der Waals surface area contributed by atoms with Crippen LogP contribution in [0.5, 0.6) is 11.5 Å². The smallest absolute Gasteiger partial charge is 0.310 e. The molecule has 1 heterocycles. The monoisotopic (exact) mass is 362 g/mol. The maximum absolute atomic E-state index is 12.1. The van der Waals surface area contributed by atoms with Crippen molar-refractivity contribution < 1.29 is 28.3 Å². The molecule has 0 saturated heterocycles. The normalized spacial score (nSPS) is 11.5. The van der Waals surface area contributed by atoms with E-state index in [9.17, 15) is 9.59 Å². The number of ether oxygens (including phenoxy) is 3. The summed E-state index contributed by atoms with van der Waals surface area (Å²) >= 11 is 0. The number of carbonyl (C=O) groups is 2. The first-order valence-corrected chi connectivity index (χ1v) is 8.22. The summed E-state index contributed by atoms with van der Waals surface area (Å²) in [7, 11) is 1.58. The summed E-state index contributed by atoms with van der Waals surface area (Å²) in [6, 6.07) is 8.58. The van der Waals surface area contributed by atoms with E-state index in [1.54, 1.807) is 51.3 Å². The van der Waals surface area contributed by atoms with Crippen LogP contribution in [0.3, 0.4) is 0 Å². The minimum atomic E-state index is -0.902. The van der Waals surface area contributed by atoms with Crippen LogP contribution in [0.1, 0.15) is 25.5 Å². The second-order valence-electron chi connectivity index (χ2n) is 5.47. The van der Waals surface area contributed by atoms with E-state index < -0.39 is 18.0 Å². The molecule has 0 fully saturated rings. The number of amides is 1. The lowest BCUT2D eigenvalue weighted by atomic mass is 10.2. The Hall–Kier alpha value is -3.03. The molecule has 0 aliphatic carbocycles. The molecule has 0 aliphatic heterocycles. The van der Waals surface area contributed by atoms with Crippen LogP contribution in [-0.2, 0) is 14.3 Å². The standard InChI is InChI=1S/C18H22N2O6/c1-4-15(18(22)19-16-11-12(2)26-20-16)25-17(21)9-10-24-14-7-5-13(23-3)6-8-14/h5-8,11,15H,4,9-10H2,1-3H3,(H,19,20,22). The van der Waals surface area contributed by atoms with Gasteiger partial charge in [-0.2, -0.15) is 0 Å². The molecule has 140 valence electrons. The van der Waals surface area contributed by atoms with Crippen molar-refractivity contribution >= 4 is 17.7 Å². The van der Waals surface area contributed by atoms with Gasteiger partial charge in [0.15, 0.2) is 11.9 Å². The Labute approximate surface area is 151 Å². The third-order valence-corrected chi connectivity index (χ3v) is 3.45. The molecule has 8 nitrogen and oxygen atoms in total. The number of benzene rings is 1. The molecule has 8 heteroatoms. The minimum absolute atomic E-state index is 0.0267. The summed E-state index contributed by atoms with van der Waals surface area (Å²) in [5.41, 5.74) is 0. The highest BCUT2D eigenvalue weighted by Gasteiger charge is 2.22. The SMILES string of the molecule is CCC(OC(=O)CCOc1ccc(OC)cc1)C(=O)Nc1cc(C)on1. The van der Waals surface area contributed by atoms with Gasteiger partial charge >= 0.3 is 5.97 Å². The summed E-state index contributed by atoms with van der Waals surface area (Å²) in [6.07, 6.45) is -0.535. The molecule has 26 heavy (non-hydrogen) atoms. The van der Waals surface area contributed by atoms with E-state index in [0.717, 1.165) is 5.75 Å². The molecular weight excluding hydrogens is 340 g/mol. The van der Waals surface area contributed by atoms with Crippen LogP contribution < -0.4 is 14.8 Å². The van der Waals surface area contributed by atoms with Gasteiger partial charge in [-0.3, -0.25) is 9.59 Å². The van der Waals surface area contributed by atoms with Crippen molar-refractivity contribution in [1.82, 2.24) is 5.16 Å². The first-order valence-electron chi connectivity index (χ1n) is 8.22. The molecule has 2 rings (SSSR count). The van der Waals surface area contributed by atoms with Gasteiger partial charge in [-0.25, -0.2) is 0 Å². The van der Waals surface area contributed by atoms with Crippen molar-refractivity contribution in [2.45, 2.75) is 32.8 Å². The lowest BCUT2D eigenvalue weighted by Gasteiger charge is -2.15. The van der Waals surface area contributed by atoms with Crippen molar-refractivity contribution in [1.29, 1.82) is 0 Å². The highest BCUT2D eigenvalue weighted by Crippen LogP contribution is 2.17. The Morgan fingerprint density at radius 2 is 1.92 bits per heavy atom. The van der Waals surface area contributed by atoms with Crippen LogP contribution in [0.25, 0.3) is 0 Å². The maximum atomic E-state index is 12.1. The molecule has 0 radical (unpaired) electrons. The number of hydrogen-bond donors (Lipinski definition) is 1. The number of anilines is 1. The Morgan fingerprint density at radius 3 is 2.50 bits per heavy atom. The van der Waals surface area contributed by atoms with E-state index in [0.29, 0.717) is 17.9 Å². The zero-order valence-corrected chi connectivity index (χ0v) is 15.0. The average molecular weight is 362 g/mol. The topological polar surface area (TPSA) is 99.9 Å². The van der Waals surface area contributed by atoms with Gasteiger partial charge in [-0.05, 0) is 37.6 Å². The molecule has 1 unspecified atom stereocenters. The number of aryl methyl sites for hydroxylation is 1. The fourth-order valence-corrected chi connectivity index (χ4v) is 2.10. The summed E-state index contributed by atoms with van der Waals surface area (Å²) in [5.74, 6) is 1.22. The maximum Gasteiger partial charge on any atom is 0.310 e. The third kappa shape index (κ3) is 5.80. The highest BCUT2D eigenvalue weighted by molar-refractivity contribution is 5.94. The first kappa shape index (κ1) is 19.3. The van der Waals surface area contributed by atoms with Crippen molar-refractivity contribution in [3.63, 3.8) is 0 Å². The van der Waals surface area contributed by atoms with Crippen molar-refractivity contribution in [3.8, 4) is 11.5 Å². The number of aromatic nitrogens is 1. The highest BCUT2D eigenvalue weighted by atomic mass is 16.6. The molecular formula is C18H22N2O6. The molecule has 1 atom stereocenters. The number of rotatable bonds is 9. The van der Waals surface area contributed by atoms with Gasteiger partial charge in [-0.15, -0.1) is 0 Å². The van der Waals surface area contributed by atoms with Gasteiger partial charge in [0.2, 0.25) is 0 Å². The number of esters is 1. The van der Waals surface area contributed by atoms with Crippen molar-refractivity contribution in [2.24, 2.45) is 0 Å². The first-order chi connectivity index (χ1) is 12.5. The summed E-state index contributed by atoms with van der Waals surface area (Å²) in [6.45, 7) is 3.61. The van der Waals surface area contributed by atoms with E-state index in [-0.39, 0.29) is 18.8 Å². The van der Waals surface area contributed by atoms with E-state index in [4.69, 9.17) is 18.7 Å². The number of hydrogen-bond acceptors (Lipinski definition) is 7. The quantitative estimate of drug-likeness (QED) is 0.685. The van der Waals surface area contributed by atoms with Gasteiger partial charge in [0.25, 0.3) is 5.91 Å². The molecule has 0 bridgehead atoms. The van der Waals surface area contributed by atoms with Gasteiger partial charge < -0.3 is 24.1 Å². The number of nitrogens with zero attached hydrogens (tertiary/aromatic N) is 1. The molecule has 2 aromatic rings. The second-order valence-corrected chi connectivity index (χ2v) is 5.47.